The number of hydrogen-bond acceptors (Lipinski definition) is 4. The summed E-state index contributed by atoms with van der Waals surface area (Å²) in [6.45, 7) is 12.3. The molecule has 0 bridgehead atoms. The Labute approximate surface area is 237 Å². The number of benzene rings is 2. The van der Waals surface area contributed by atoms with Gasteiger partial charge in [-0.05, 0) is 45.2 Å². The second-order valence-electron chi connectivity index (χ2n) is 12.3. The number of anilines is 1. The molecule has 1 fully saturated rings. The minimum absolute atomic E-state index is 0.0246. The summed E-state index contributed by atoms with van der Waals surface area (Å²) < 4.78 is 2.25. The maximum atomic E-state index is 13.6. The van der Waals surface area contributed by atoms with Crippen LogP contribution >= 0.6 is 0 Å². The first-order valence-corrected chi connectivity index (χ1v) is 14.5. The van der Waals surface area contributed by atoms with Gasteiger partial charge >= 0.3 is 5.97 Å². The summed E-state index contributed by atoms with van der Waals surface area (Å²) in [7, 11) is 0. The van der Waals surface area contributed by atoms with E-state index < -0.39 is 18.0 Å². The van der Waals surface area contributed by atoms with E-state index >= 15 is 0 Å². The second-order valence-corrected chi connectivity index (χ2v) is 12.3. The van der Waals surface area contributed by atoms with Gasteiger partial charge in [-0.1, -0.05) is 56.3 Å². The fraction of sp³-hybridized carbons (Fsp3) is 0.441. The van der Waals surface area contributed by atoms with Crippen LogP contribution in [0.25, 0.3) is 0 Å². The number of unbranched alkanes of at least 4 members (excludes halogenated alkanes) is 2. The number of carbonyl (C=O) groups is 2. The molecule has 3 aliphatic rings. The number of Topliss-reactive ketones (excluding diaryl/α,β-unsaturated/α-hetero) is 1. The van der Waals surface area contributed by atoms with Crippen molar-refractivity contribution in [2.75, 3.05) is 18.0 Å². The molecule has 0 amide bonds. The van der Waals surface area contributed by atoms with Gasteiger partial charge in [-0.2, -0.15) is 4.58 Å². The molecule has 210 valence electrons. The molecule has 2 aliphatic heterocycles. The summed E-state index contributed by atoms with van der Waals surface area (Å²) in [6, 6.07) is 16.7. The zero-order valence-corrected chi connectivity index (χ0v) is 24.3. The molecular formula is C34H41N2O4+. The molecule has 1 saturated carbocycles. The van der Waals surface area contributed by atoms with Gasteiger partial charge in [0.1, 0.15) is 6.54 Å². The number of carbonyl (C=O) groups excluding carboxylic acids is 1. The first kappa shape index (κ1) is 28.0. The highest BCUT2D eigenvalue weighted by Crippen LogP contribution is 2.49. The Morgan fingerprint density at radius 1 is 0.975 bits per heavy atom. The Hall–Kier alpha value is -3.51. The summed E-state index contributed by atoms with van der Waals surface area (Å²) in [5.41, 5.74) is 6.65. The monoisotopic (exact) mass is 541 g/mol. The fourth-order valence-electron chi connectivity index (χ4n) is 6.77. The zero-order chi connectivity index (χ0) is 28.8. The Morgan fingerprint density at radius 2 is 1.65 bits per heavy atom. The van der Waals surface area contributed by atoms with Gasteiger partial charge in [0.15, 0.2) is 11.5 Å². The maximum Gasteiger partial charge on any atom is 0.303 e. The molecule has 0 saturated heterocycles. The number of carboxylic acid groups (broad SMARTS) is 1. The lowest BCUT2D eigenvalue weighted by Crippen LogP contribution is -2.46. The summed E-state index contributed by atoms with van der Waals surface area (Å²) in [5, 5.41) is 20.3. The first-order chi connectivity index (χ1) is 19.0. The van der Waals surface area contributed by atoms with Gasteiger partial charge < -0.3 is 15.1 Å². The summed E-state index contributed by atoms with van der Waals surface area (Å²) in [4.78, 5) is 26.8. The minimum Gasteiger partial charge on any atom is -0.481 e. The van der Waals surface area contributed by atoms with Crippen LogP contribution in [-0.2, 0) is 20.4 Å². The van der Waals surface area contributed by atoms with Crippen molar-refractivity contribution < 1.29 is 24.4 Å². The predicted molar refractivity (Wildman–Crippen MR) is 159 cm³/mol. The van der Waals surface area contributed by atoms with Crippen LogP contribution in [0.15, 0.2) is 72.0 Å². The van der Waals surface area contributed by atoms with Gasteiger partial charge in [-0.25, -0.2) is 0 Å². The van der Waals surface area contributed by atoms with Crippen molar-refractivity contribution in [1.82, 2.24) is 0 Å². The SMILES string of the molecule is CCN1C(=CC2C(=O)C(=CC3=[N+](CCCCCC(=O)O)c4ccccc4C3(C)C)C2O)C(C)(C)c2ccccc21. The van der Waals surface area contributed by atoms with Crippen molar-refractivity contribution in [2.45, 2.75) is 77.2 Å². The molecule has 1 aliphatic carbocycles. The van der Waals surface area contributed by atoms with Crippen LogP contribution in [0.3, 0.4) is 0 Å². The molecule has 6 heteroatoms. The van der Waals surface area contributed by atoms with Crippen LogP contribution in [0.2, 0.25) is 0 Å². The number of aliphatic carboxylic acids is 1. The van der Waals surface area contributed by atoms with Crippen molar-refractivity contribution in [3.05, 3.63) is 83.1 Å². The number of aliphatic hydroxyl groups is 1. The Bertz CT molecular complexity index is 1450. The van der Waals surface area contributed by atoms with E-state index in [1.807, 2.05) is 30.4 Å². The van der Waals surface area contributed by atoms with E-state index in [4.69, 9.17) is 5.11 Å². The summed E-state index contributed by atoms with van der Waals surface area (Å²) in [5.74, 6) is -1.36. The molecule has 2 aromatic carbocycles. The van der Waals surface area contributed by atoms with Crippen LogP contribution in [0.4, 0.5) is 11.4 Å². The molecule has 0 spiro atoms. The molecule has 40 heavy (non-hydrogen) atoms. The lowest BCUT2D eigenvalue weighted by molar-refractivity contribution is -0.438. The number of allylic oxidation sites excluding steroid dienone is 2. The molecule has 0 aromatic heterocycles. The molecule has 2 N–H and O–H groups in total. The molecule has 2 atom stereocenters. The number of nitrogens with zero attached hydrogens (tertiary/aromatic N) is 2. The second kappa shape index (κ2) is 10.5. The van der Waals surface area contributed by atoms with Crippen molar-refractivity contribution >= 4 is 28.8 Å². The molecule has 2 heterocycles. The third-order valence-corrected chi connectivity index (χ3v) is 9.06. The van der Waals surface area contributed by atoms with Crippen molar-refractivity contribution in [3.63, 3.8) is 0 Å². The number of carboxylic acids is 1. The van der Waals surface area contributed by atoms with Crippen molar-refractivity contribution in [2.24, 2.45) is 5.92 Å². The number of para-hydroxylation sites is 2. The van der Waals surface area contributed by atoms with Gasteiger partial charge in [-0.15, -0.1) is 0 Å². The molecular weight excluding hydrogens is 500 g/mol. The molecule has 2 aromatic rings. The third kappa shape index (κ3) is 4.52. The van der Waals surface area contributed by atoms with Crippen LogP contribution in [0.1, 0.15) is 71.4 Å². The minimum atomic E-state index is -0.859. The quantitative estimate of drug-likeness (QED) is 0.235. The lowest BCUT2D eigenvalue weighted by Gasteiger charge is -2.35. The average molecular weight is 542 g/mol. The zero-order valence-electron chi connectivity index (χ0n) is 24.3. The highest BCUT2D eigenvalue weighted by Gasteiger charge is 2.50. The van der Waals surface area contributed by atoms with E-state index in [9.17, 15) is 14.7 Å². The Kier molecular flexibility index (Phi) is 7.34. The first-order valence-electron chi connectivity index (χ1n) is 14.5. The molecule has 0 radical (unpaired) electrons. The van der Waals surface area contributed by atoms with E-state index in [0.29, 0.717) is 12.0 Å². The summed E-state index contributed by atoms with van der Waals surface area (Å²) in [6.07, 6.45) is 5.54. The third-order valence-electron chi connectivity index (χ3n) is 9.06. The van der Waals surface area contributed by atoms with Crippen LogP contribution < -0.4 is 4.90 Å². The summed E-state index contributed by atoms with van der Waals surface area (Å²) >= 11 is 0. The lowest BCUT2D eigenvalue weighted by atomic mass is 9.71. The number of likely N-dealkylation sites (N-methyl/N-ethyl adjacent to an activating group) is 1. The van der Waals surface area contributed by atoms with E-state index in [0.717, 1.165) is 43.0 Å². The standard InChI is InChI=1S/C34H40N2O4/c1-6-35-26-16-11-9-14-24(26)33(2,3)28(35)20-22-31(39)23(32(22)40)21-29-34(4,5)25-15-10-12-17-27(25)36(29)19-13-7-8-18-30(37)38/h9-12,14-17,20-22,31,39H,6-8,13,18-19H2,1-5H3/p+1. The number of ketones is 1. The number of rotatable bonds is 9. The number of fused-ring (bicyclic) bond motifs is 2. The van der Waals surface area contributed by atoms with Gasteiger partial charge in [0.05, 0.1) is 17.4 Å². The van der Waals surface area contributed by atoms with Crippen molar-refractivity contribution in [1.29, 1.82) is 0 Å². The maximum absolute atomic E-state index is 13.6. The smallest absolute Gasteiger partial charge is 0.303 e. The Morgan fingerprint density at radius 3 is 2.33 bits per heavy atom. The predicted octanol–water partition coefficient (Wildman–Crippen LogP) is 5.90. The van der Waals surface area contributed by atoms with E-state index in [-0.39, 0.29) is 23.0 Å². The van der Waals surface area contributed by atoms with E-state index in [1.165, 1.54) is 16.8 Å². The van der Waals surface area contributed by atoms with Gasteiger partial charge in [0.2, 0.25) is 5.69 Å². The van der Waals surface area contributed by atoms with E-state index in [1.54, 1.807) is 0 Å². The fourth-order valence-corrected chi connectivity index (χ4v) is 6.77. The molecule has 6 nitrogen and oxygen atoms in total. The molecule has 5 rings (SSSR count). The largest absolute Gasteiger partial charge is 0.481 e. The normalized spacial score (nSPS) is 24.4. The highest BCUT2D eigenvalue weighted by molar-refractivity contribution is 6.14. The van der Waals surface area contributed by atoms with Crippen molar-refractivity contribution in [3.8, 4) is 0 Å². The highest BCUT2D eigenvalue weighted by atomic mass is 16.4. The van der Waals surface area contributed by atoms with Gasteiger partial charge in [0, 0.05) is 59.5 Å². The van der Waals surface area contributed by atoms with Crippen LogP contribution in [-0.4, -0.2) is 51.4 Å². The topological polar surface area (TPSA) is 80.9 Å². The van der Waals surface area contributed by atoms with Crippen LogP contribution in [0.5, 0.6) is 0 Å². The number of hydrogen-bond donors (Lipinski definition) is 2. The number of aliphatic hydroxyl groups excluding tert-OH is 1. The Balaban J connectivity index is 1.44. The van der Waals surface area contributed by atoms with E-state index in [2.05, 4.69) is 74.4 Å². The van der Waals surface area contributed by atoms with Crippen LogP contribution in [0, 0.1) is 5.92 Å². The van der Waals surface area contributed by atoms with Gasteiger partial charge in [0.25, 0.3) is 0 Å². The molecule has 2 unspecified atom stereocenters. The van der Waals surface area contributed by atoms with Gasteiger partial charge in [-0.3, -0.25) is 9.59 Å². The average Bonchev–Trinajstić information content (AvgIpc) is 3.28.